The number of aromatic nitrogens is 2. The summed E-state index contributed by atoms with van der Waals surface area (Å²) < 4.78 is 17.8. The Labute approximate surface area is 168 Å². The molecule has 0 unspecified atom stereocenters. The van der Waals surface area contributed by atoms with Crippen LogP contribution in [0.4, 0.5) is 0 Å². The van der Waals surface area contributed by atoms with Crippen molar-refractivity contribution in [1.82, 2.24) is 14.7 Å². The van der Waals surface area contributed by atoms with Crippen molar-refractivity contribution in [3.63, 3.8) is 0 Å². The molecule has 2 atom stereocenters. The lowest BCUT2D eigenvalue weighted by molar-refractivity contribution is -0.142. The molecule has 3 aliphatic heterocycles. The van der Waals surface area contributed by atoms with Gasteiger partial charge in [0.05, 0.1) is 18.3 Å². The van der Waals surface area contributed by atoms with Gasteiger partial charge in [-0.3, -0.25) is 9.59 Å². The van der Waals surface area contributed by atoms with E-state index in [0.717, 1.165) is 31.2 Å². The van der Waals surface area contributed by atoms with Crippen LogP contribution in [-0.4, -0.2) is 52.7 Å². The predicted molar refractivity (Wildman–Crippen MR) is 104 cm³/mol. The summed E-state index contributed by atoms with van der Waals surface area (Å²) in [5, 5.41) is 4.56. The number of carbonyl (C=O) groups is 1. The van der Waals surface area contributed by atoms with Gasteiger partial charge in [-0.05, 0) is 49.9 Å². The van der Waals surface area contributed by atoms with Gasteiger partial charge in [-0.15, -0.1) is 0 Å². The van der Waals surface area contributed by atoms with Crippen molar-refractivity contribution in [2.75, 3.05) is 19.9 Å². The third-order valence-corrected chi connectivity index (χ3v) is 5.78. The van der Waals surface area contributed by atoms with Crippen LogP contribution in [0.3, 0.4) is 0 Å². The number of amides is 1. The van der Waals surface area contributed by atoms with Gasteiger partial charge in [-0.25, -0.2) is 4.68 Å². The maximum Gasteiger partial charge on any atom is 0.266 e. The molecule has 2 aromatic rings. The van der Waals surface area contributed by atoms with E-state index in [1.165, 1.54) is 10.7 Å². The molecule has 29 heavy (non-hydrogen) atoms. The summed E-state index contributed by atoms with van der Waals surface area (Å²) in [6.45, 7) is 1.95. The van der Waals surface area contributed by atoms with Gasteiger partial charge in [0.2, 0.25) is 6.79 Å². The summed E-state index contributed by atoms with van der Waals surface area (Å²) in [7, 11) is 0. The molecule has 1 amide bonds. The summed E-state index contributed by atoms with van der Waals surface area (Å²) >= 11 is 0. The first-order valence-electron chi connectivity index (χ1n) is 10.1. The topological polar surface area (TPSA) is 82.9 Å². The van der Waals surface area contributed by atoms with Crippen LogP contribution < -0.4 is 15.0 Å². The maximum absolute atomic E-state index is 12.8. The fourth-order valence-corrected chi connectivity index (χ4v) is 4.26. The number of hydrogen-bond donors (Lipinski definition) is 0. The molecule has 5 rings (SSSR count). The number of ether oxygens (including phenoxy) is 3. The van der Waals surface area contributed by atoms with Gasteiger partial charge in [0.1, 0.15) is 6.10 Å². The molecule has 3 aliphatic rings. The van der Waals surface area contributed by atoms with Crippen LogP contribution in [0.15, 0.2) is 35.1 Å². The van der Waals surface area contributed by atoms with E-state index in [9.17, 15) is 9.59 Å². The molecule has 2 fully saturated rings. The highest BCUT2D eigenvalue weighted by Crippen LogP contribution is 2.35. The average Bonchev–Trinajstić information content (AvgIpc) is 3.50. The fraction of sp³-hybridized carbons (Fsp3) is 0.476. The highest BCUT2D eigenvalue weighted by molar-refractivity contribution is 5.81. The molecular weight excluding hydrogens is 374 g/mol. The third kappa shape index (κ3) is 3.48. The van der Waals surface area contributed by atoms with Gasteiger partial charge in [0.25, 0.3) is 11.5 Å². The molecule has 1 aromatic heterocycles. The molecule has 8 heteroatoms. The number of nitrogens with zero attached hydrogens (tertiary/aromatic N) is 3. The average molecular weight is 397 g/mol. The largest absolute Gasteiger partial charge is 0.454 e. The zero-order chi connectivity index (χ0) is 19.8. The third-order valence-electron chi connectivity index (χ3n) is 5.78. The van der Waals surface area contributed by atoms with E-state index in [0.29, 0.717) is 36.9 Å². The zero-order valence-electron chi connectivity index (χ0n) is 16.1. The Morgan fingerprint density at radius 3 is 2.86 bits per heavy atom. The second-order valence-electron chi connectivity index (χ2n) is 7.64. The van der Waals surface area contributed by atoms with Gasteiger partial charge in [0, 0.05) is 24.8 Å². The molecule has 0 aliphatic carbocycles. The van der Waals surface area contributed by atoms with Crippen molar-refractivity contribution in [3.8, 4) is 22.8 Å². The van der Waals surface area contributed by atoms with Crippen LogP contribution in [0.25, 0.3) is 11.3 Å². The van der Waals surface area contributed by atoms with E-state index >= 15 is 0 Å². The minimum absolute atomic E-state index is 0.0381. The first kappa shape index (κ1) is 18.2. The van der Waals surface area contributed by atoms with Crippen molar-refractivity contribution in [3.05, 3.63) is 40.7 Å². The molecule has 8 nitrogen and oxygen atoms in total. The summed E-state index contributed by atoms with van der Waals surface area (Å²) in [5.41, 5.74) is 1.35. The van der Waals surface area contributed by atoms with E-state index in [2.05, 4.69) is 5.10 Å². The molecule has 2 saturated heterocycles. The molecule has 0 bridgehead atoms. The van der Waals surface area contributed by atoms with Crippen LogP contribution in [0, 0.1) is 0 Å². The molecule has 152 valence electrons. The van der Waals surface area contributed by atoms with E-state index in [1.807, 2.05) is 23.1 Å². The first-order chi connectivity index (χ1) is 14.2. The normalized spacial score (nSPS) is 23.0. The standard InChI is InChI=1S/C21H23N3O5/c25-20-8-6-16(14-5-7-17-19(11-14)29-13-28-17)22-24(20)12-15-3-1-9-23(15)21(26)18-4-2-10-27-18/h5-8,11,15,18H,1-4,9-10,12-13H2/t15-,18-/m0/s1. The summed E-state index contributed by atoms with van der Waals surface area (Å²) in [6, 6.07) is 8.79. The molecule has 0 spiro atoms. The van der Waals surface area contributed by atoms with Gasteiger partial charge in [0.15, 0.2) is 11.5 Å². The fourth-order valence-electron chi connectivity index (χ4n) is 4.26. The SMILES string of the molecule is O=C([C@@H]1CCCO1)N1CCC[C@H]1Cn1nc(-c2ccc3c(c2)OCO3)ccc1=O. The quantitative estimate of drug-likeness (QED) is 0.783. The lowest BCUT2D eigenvalue weighted by atomic mass is 10.1. The molecular formula is C21H23N3O5. The van der Waals surface area contributed by atoms with Crippen LogP contribution >= 0.6 is 0 Å². The van der Waals surface area contributed by atoms with E-state index < -0.39 is 0 Å². The number of hydrogen-bond acceptors (Lipinski definition) is 6. The highest BCUT2D eigenvalue weighted by atomic mass is 16.7. The molecule has 4 heterocycles. The first-order valence-corrected chi connectivity index (χ1v) is 10.1. The van der Waals surface area contributed by atoms with E-state index in [1.54, 1.807) is 6.07 Å². The molecule has 0 radical (unpaired) electrons. The van der Waals surface area contributed by atoms with Crippen molar-refractivity contribution in [2.45, 2.75) is 44.4 Å². The van der Waals surface area contributed by atoms with Crippen LogP contribution in [0.1, 0.15) is 25.7 Å². The summed E-state index contributed by atoms with van der Waals surface area (Å²) in [4.78, 5) is 27.1. The zero-order valence-corrected chi connectivity index (χ0v) is 16.1. The smallest absolute Gasteiger partial charge is 0.266 e. The van der Waals surface area contributed by atoms with Gasteiger partial charge < -0.3 is 19.1 Å². The van der Waals surface area contributed by atoms with Gasteiger partial charge in [-0.1, -0.05) is 0 Å². The van der Waals surface area contributed by atoms with Crippen molar-refractivity contribution >= 4 is 5.91 Å². The van der Waals surface area contributed by atoms with Crippen LogP contribution in [0.2, 0.25) is 0 Å². The lowest BCUT2D eigenvalue weighted by Crippen LogP contribution is -2.45. The van der Waals surface area contributed by atoms with Crippen molar-refractivity contribution in [1.29, 1.82) is 0 Å². The summed E-state index contributed by atoms with van der Waals surface area (Å²) in [6.07, 6.45) is 3.16. The second-order valence-corrected chi connectivity index (χ2v) is 7.64. The van der Waals surface area contributed by atoms with E-state index in [4.69, 9.17) is 14.2 Å². The number of benzene rings is 1. The van der Waals surface area contributed by atoms with E-state index in [-0.39, 0.29) is 30.4 Å². The number of rotatable bonds is 4. The van der Waals surface area contributed by atoms with Gasteiger partial charge in [-0.2, -0.15) is 5.10 Å². The van der Waals surface area contributed by atoms with Gasteiger partial charge >= 0.3 is 0 Å². The number of carbonyl (C=O) groups excluding carboxylic acids is 1. The van der Waals surface area contributed by atoms with Crippen LogP contribution in [-0.2, 0) is 16.1 Å². The van der Waals surface area contributed by atoms with Crippen LogP contribution in [0.5, 0.6) is 11.5 Å². The Balaban J connectivity index is 1.37. The second kappa shape index (κ2) is 7.51. The predicted octanol–water partition coefficient (Wildman–Crippen LogP) is 1.81. The Morgan fingerprint density at radius 2 is 2.00 bits per heavy atom. The molecule has 0 saturated carbocycles. The highest BCUT2D eigenvalue weighted by Gasteiger charge is 2.35. The molecule has 0 N–H and O–H groups in total. The number of likely N-dealkylation sites (tertiary alicyclic amines) is 1. The molecule has 1 aromatic carbocycles. The Kier molecular flexibility index (Phi) is 4.71. The Hall–Kier alpha value is -2.87. The van der Waals surface area contributed by atoms with Crippen molar-refractivity contribution < 1.29 is 19.0 Å². The number of fused-ring (bicyclic) bond motifs is 1. The Bertz CT molecular complexity index is 983. The minimum atomic E-state index is -0.333. The Morgan fingerprint density at radius 1 is 1.10 bits per heavy atom. The lowest BCUT2D eigenvalue weighted by Gasteiger charge is -2.27. The summed E-state index contributed by atoms with van der Waals surface area (Å²) in [5.74, 6) is 1.42. The van der Waals surface area contributed by atoms with Crippen molar-refractivity contribution in [2.24, 2.45) is 0 Å². The maximum atomic E-state index is 12.8. The minimum Gasteiger partial charge on any atom is -0.454 e. The monoisotopic (exact) mass is 397 g/mol.